The first-order valence-electron chi connectivity index (χ1n) is 9.25. The van der Waals surface area contributed by atoms with Crippen LogP contribution in [-0.4, -0.2) is 38.6 Å². The Balaban J connectivity index is 1.50. The van der Waals surface area contributed by atoms with Crippen molar-refractivity contribution in [2.75, 3.05) is 10.3 Å². The van der Waals surface area contributed by atoms with Crippen LogP contribution in [0, 0.1) is 5.82 Å². The van der Waals surface area contributed by atoms with E-state index >= 15 is 0 Å². The summed E-state index contributed by atoms with van der Waals surface area (Å²) in [4.78, 5) is 32.9. The van der Waals surface area contributed by atoms with E-state index in [0.29, 0.717) is 22.8 Å². The number of halogens is 1. The third-order valence-electron chi connectivity index (χ3n) is 4.61. The summed E-state index contributed by atoms with van der Waals surface area (Å²) in [6.45, 7) is 0. The Morgan fingerprint density at radius 2 is 1.84 bits per heavy atom. The van der Waals surface area contributed by atoms with Crippen molar-refractivity contribution in [2.24, 2.45) is 10.8 Å². The summed E-state index contributed by atoms with van der Waals surface area (Å²) in [6, 6.07) is 11.0. The zero-order valence-electron chi connectivity index (χ0n) is 16.1. The number of hydrogen-bond acceptors (Lipinski definition) is 7. The van der Waals surface area contributed by atoms with Gasteiger partial charge < -0.3 is 16.2 Å². The van der Waals surface area contributed by atoms with Gasteiger partial charge in [-0.3, -0.25) is 14.6 Å². The molecular weight excluding hydrogens is 403 g/mol. The van der Waals surface area contributed by atoms with Crippen molar-refractivity contribution in [1.29, 1.82) is 0 Å². The SMILES string of the molecule is NC(=O)C1CC(C(=O)Nc2cnc(-c3cccc(O)c3)nc2)=NN1c1ccc(F)cc1. The lowest BCUT2D eigenvalue weighted by molar-refractivity contribution is -0.119. The third kappa shape index (κ3) is 4.32. The number of amides is 2. The van der Waals surface area contributed by atoms with Crippen molar-refractivity contribution in [3.05, 3.63) is 66.7 Å². The maximum absolute atomic E-state index is 13.2. The zero-order valence-corrected chi connectivity index (χ0v) is 16.1. The molecule has 0 spiro atoms. The summed E-state index contributed by atoms with van der Waals surface area (Å²) in [7, 11) is 0. The number of hydrogen-bond donors (Lipinski definition) is 3. The Kier molecular flexibility index (Phi) is 5.27. The minimum absolute atomic E-state index is 0.000770. The molecule has 2 heterocycles. The number of anilines is 2. The van der Waals surface area contributed by atoms with E-state index in [1.54, 1.807) is 12.1 Å². The number of nitrogens with zero attached hydrogens (tertiary/aromatic N) is 4. The molecule has 2 aromatic carbocycles. The third-order valence-corrected chi connectivity index (χ3v) is 4.61. The average Bonchev–Trinajstić information content (AvgIpc) is 3.21. The molecule has 0 radical (unpaired) electrons. The molecule has 0 aliphatic carbocycles. The van der Waals surface area contributed by atoms with Crippen LogP contribution >= 0.6 is 0 Å². The van der Waals surface area contributed by atoms with Crippen molar-refractivity contribution >= 4 is 28.9 Å². The minimum atomic E-state index is -0.865. The molecular formula is C21H17FN6O3. The van der Waals surface area contributed by atoms with E-state index in [9.17, 15) is 19.1 Å². The van der Waals surface area contributed by atoms with Gasteiger partial charge >= 0.3 is 0 Å². The molecule has 1 atom stereocenters. The fourth-order valence-electron chi connectivity index (χ4n) is 3.09. The highest BCUT2D eigenvalue weighted by atomic mass is 19.1. The molecule has 156 valence electrons. The molecule has 0 bridgehead atoms. The molecule has 2 amide bonds. The monoisotopic (exact) mass is 420 g/mol. The number of primary amides is 1. The van der Waals surface area contributed by atoms with Gasteiger partial charge in [0, 0.05) is 12.0 Å². The first-order valence-corrected chi connectivity index (χ1v) is 9.25. The lowest BCUT2D eigenvalue weighted by Gasteiger charge is -2.20. The Morgan fingerprint density at radius 1 is 1.13 bits per heavy atom. The van der Waals surface area contributed by atoms with Crippen molar-refractivity contribution in [2.45, 2.75) is 12.5 Å². The minimum Gasteiger partial charge on any atom is -0.508 e. The second-order valence-electron chi connectivity index (χ2n) is 6.79. The largest absolute Gasteiger partial charge is 0.508 e. The summed E-state index contributed by atoms with van der Waals surface area (Å²) < 4.78 is 13.2. The summed E-state index contributed by atoms with van der Waals surface area (Å²) in [5.41, 5.74) is 6.93. The fourth-order valence-corrected chi connectivity index (χ4v) is 3.09. The summed E-state index contributed by atoms with van der Waals surface area (Å²) in [5.74, 6) is -1.16. The van der Waals surface area contributed by atoms with Crippen LogP contribution < -0.4 is 16.1 Å². The van der Waals surface area contributed by atoms with Gasteiger partial charge in [0.2, 0.25) is 5.91 Å². The highest BCUT2D eigenvalue weighted by Crippen LogP contribution is 2.25. The molecule has 1 unspecified atom stereocenters. The van der Waals surface area contributed by atoms with Crippen LogP contribution in [0.4, 0.5) is 15.8 Å². The molecule has 4 N–H and O–H groups in total. The quantitative estimate of drug-likeness (QED) is 0.578. The Labute approximate surface area is 176 Å². The van der Waals surface area contributed by atoms with E-state index in [4.69, 9.17) is 5.73 Å². The molecule has 31 heavy (non-hydrogen) atoms. The molecule has 0 saturated heterocycles. The standard InChI is InChI=1S/C21H17FN6O3/c22-13-4-6-15(7-5-13)28-18(19(23)30)9-17(27-28)21(31)26-14-10-24-20(25-11-14)12-2-1-3-16(29)8-12/h1-8,10-11,18,29H,9H2,(H2,23,30)(H,26,31). The van der Waals surface area contributed by atoms with Gasteiger partial charge in [0.15, 0.2) is 5.82 Å². The Morgan fingerprint density at radius 3 is 2.48 bits per heavy atom. The summed E-state index contributed by atoms with van der Waals surface area (Å²) in [5, 5.41) is 17.7. The van der Waals surface area contributed by atoms with Crippen molar-refractivity contribution in [1.82, 2.24) is 9.97 Å². The second-order valence-corrected chi connectivity index (χ2v) is 6.79. The van der Waals surface area contributed by atoms with Gasteiger partial charge in [0.05, 0.1) is 23.8 Å². The van der Waals surface area contributed by atoms with Gasteiger partial charge in [0.1, 0.15) is 23.3 Å². The molecule has 1 aliphatic rings. The number of carbonyl (C=O) groups excluding carboxylic acids is 2. The molecule has 10 heteroatoms. The van der Waals surface area contributed by atoms with Gasteiger partial charge in [-0.15, -0.1) is 0 Å². The van der Waals surface area contributed by atoms with E-state index in [0.717, 1.165) is 0 Å². The number of hydrazone groups is 1. The summed E-state index contributed by atoms with van der Waals surface area (Å²) in [6.07, 6.45) is 2.84. The van der Waals surface area contributed by atoms with Crippen molar-refractivity contribution < 1.29 is 19.1 Å². The molecule has 4 rings (SSSR count). The maximum Gasteiger partial charge on any atom is 0.272 e. The number of nitrogens with two attached hydrogens (primary N) is 1. The number of nitrogens with one attached hydrogen (secondary N) is 1. The van der Waals surface area contributed by atoms with E-state index in [1.165, 1.54) is 53.8 Å². The Hall–Kier alpha value is -4.34. The second kappa shape index (κ2) is 8.19. The van der Waals surface area contributed by atoms with Crippen LogP contribution in [0.15, 0.2) is 66.0 Å². The zero-order chi connectivity index (χ0) is 22.0. The van der Waals surface area contributed by atoms with E-state index in [2.05, 4.69) is 20.4 Å². The molecule has 9 nitrogen and oxygen atoms in total. The number of benzene rings is 2. The van der Waals surface area contributed by atoms with Crippen LogP contribution in [0.3, 0.4) is 0 Å². The molecule has 1 aliphatic heterocycles. The molecule has 0 saturated carbocycles. The number of phenolic OH excluding ortho intramolecular Hbond substituents is 1. The molecule has 3 aromatic rings. The number of aromatic hydroxyl groups is 1. The van der Waals surface area contributed by atoms with Crippen LogP contribution in [0.5, 0.6) is 5.75 Å². The average molecular weight is 420 g/mol. The fraction of sp³-hybridized carbons (Fsp3) is 0.0952. The van der Waals surface area contributed by atoms with Gasteiger partial charge in [-0.05, 0) is 36.4 Å². The first-order chi connectivity index (χ1) is 14.9. The molecule has 1 aromatic heterocycles. The summed E-state index contributed by atoms with van der Waals surface area (Å²) >= 11 is 0. The van der Waals surface area contributed by atoms with E-state index in [1.807, 2.05) is 0 Å². The first kappa shape index (κ1) is 20.0. The Bertz CT molecular complexity index is 1160. The lowest BCUT2D eigenvalue weighted by Crippen LogP contribution is -2.39. The van der Waals surface area contributed by atoms with E-state index < -0.39 is 23.7 Å². The van der Waals surface area contributed by atoms with Crippen LogP contribution in [0.25, 0.3) is 11.4 Å². The van der Waals surface area contributed by atoms with Crippen LogP contribution in [0.1, 0.15) is 6.42 Å². The van der Waals surface area contributed by atoms with Crippen LogP contribution in [0.2, 0.25) is 0 Å². The maximum atomic E-state index is 13.2. The van der Waals surface area contributed by atoms with Gasteiger partial charge in [-0.1, -0.05) is 12.1 Å². The van der Waals surface area contributed by atoms with Crippen molar-refractivity contribution in [3.63, 3.8) is 0 Å². The smallest absolute Gasteiger partial charge is 0.272 e. The van der Waals surface area contributed by atoms with Gasteiger partial charge in [-0.25, -0.2) is 14.4 Å². The number of aromatic nitrogens is 2. The topological polar surface area (TPSA) is 134 Å². The number of phenols is 1. The number of rotatable bonds is 5. The predicted molar refractivity (Wildman–Crippen MR) is 112 cm³/mol. The van der Waals surface area contributed by atoms with Crippen LogP contribution in [-0.2, 0) is 9.59 Å². The predicted octanol–water partition coefficient (Wildman–Crippen LogP) is 2.05. The normalized spacial score (nSPS) is 15.5. The van der Waals surface area contributed by atoms with Gasteiger partial charge in [0.25, 0.3) is 5.91 Å². The number of carbonyl (C=O) groups is 2. The van der Waals surface area contributed by atoms with Gasteiger partial charge in [-0.2, -0.15) is 5.10 Å². The lowest BCUT2D eigenvalue weighted by atomic mass is 10.1. The highest BCUT2D eigenvalue weighted by molar-refractivity contribution is 6.44. The van der Waals surface area contributed by atoms with Crippen molar-refractivity contribution in [3.8, 4) is 17.1 Å². The highest BCUT2D eigenvalue weighted by Gasteiger charge is 2.35. The molecule has 0 fully saturated rings. The van der Waals surface area contributed by atoms with E-state index in [-0.39, 0.29) is 17.9 Å².